The predicted octanol–water partition coefficient (Wildman–Crippen LogP) is 4.82. The first-order valence-electron chi connectivity index (χ1n) is 7.04. The minimum Gasteiger partial charge on any atom is -0.467 e. The van der Waals surface area contributed by atoms with E-state index >= 15 is 0 Å². The van der Waals surface area contributed by atoms with Gasteiger partial charge in [-0.1, -0.05) is 22.9 Å². The summed E-state index contributed by atoms with van der Waals surface area (Å²) in [6, 6.07) is 2.91. The van der Waals surface area contributed by atoms with Crippen molar-refractivity contribution in [3.63, 3.8) is 0 Å². The van der Waals surface area contributed by atoms with E-state index in [1.54, 1.807) is 0 Å². The first-order chi connectivity index (χ1) is 12.6. The summed E-state index contributed by atoms with van der Waals surface area (Å²) in [5, 5.41) is 2.17. The van der Waals surface area contributed by atoms with Crippen molar-refractivity contribution in [2.24, 2.45) is 0 Å². The zero-order valence-electron chi connectivity index (χ0n) is 12.9. The van der Waals surface area contributed by atoms with Crippen molar-refractivity contribution >= 4 is 44.2 Å². The molecule has 0 aliphatic heterocycles. The second kappa shape index (κ2) is 7.24. The molecule has 1 aromatic carbocycles. The number of aromatic nitrogens is 2. The molecule has 0 bridgehead atoms. The number of ether oxygens (including phenoxy) is 1. The van der Waals surface area contributed by atoms with E-state index in [0.717, 1.165) is 35.7 Å². The van der Waals surface area contributed by atoms with Gasteiger partial charge in [0.1, 0.15) is 5.02 Å². The van der Waals surface area contributed by atoms with Gasteiger partial charge >= 0.3 is 6.18 Å². The summed E-state index contributed by atoms with van der Waals surface area (Å²) in [7, 11) is 0. The summed E-state index contributed by atoms with van der Waals surface area (Å²) < 4.78 is 67.6. The summed E-state index contributed by atoms with van der Waals surface area (Å²) in [4.78, 5) is 19.7. The van der Waals surface area contributed by atoms with Crippen LogP contribution in [0.4, 0.5) is 27.1 Å². The fourth-order valence-corrected chi connectivity index (χ4v) is 3.04. The van der Waals surface area contributed by atoms with Crippen LogP contribution in [0.15, 0.2) is 24.4 Å². The normalized spacial score (nSPS) is 11.6. The van der Waals surface area contributed by atoms with Crippen molar-refractivity contribution in [1.29, 1.82) is 0 Å². The third kappa shape index (κ3) is 4.61. The third-order valence-electron chi connectivity index (χ3n) is 3.09. The van der Waals surface area contributed by atoms with Gasteiger partial charge in [-0.05, 0) is 12.1 Å². The lowest BCUT2D eigenvalue weighted by Crippen LogP contribution is -2.20. The van der Waals surface area contributed by atoms with Crippen LogP contribution in [0.25, 0.3) is 10.2 Å². The molecule has 3 rings (SSSR count). The maximum Gasteiger partial charge on any atom is 0.422 e. The molecule has 142 valence electrons. The maximum absolute atomic E-state index is 13.2. The number of halogens is 6. The van der Waals surface area contributed by atoms with Crippen LogP contribution >= 0.6 is 22.9 Å². The van der Waals surface area contributed by atoms with E-state index in [0.29, 0.717) is 4.70 Å². The Morgan fingerprint density at radius 1 is 1.22 bits per heavy atom. The molecule has 0 unspecified atom stereocenters. The van der Waals surface area contributed by atoms with Crippen molar-refractivity contribution in [2.75, 3.05) is 11.9 Å². The summed E-state index contributed by atoms with van der Waals surface area (Å²) in [6.45, 7) is -1.58. The van der Waals surface area contributed by atoms with Crippen molar-refractivity contribution in [1.82, 2.24) is 9.97 Å². The Bertz CT molecular complexity index is 986. The SMILES string of the molecule is O=C(Nc1nc2cc(F)c(F)cc2s1)c1cnc(OCC(F)(F)F)c(Cl)c1. The van der Waals surface area contributed by atoms with E-state index in [9.17, 15) is 26.7 Å². The Morgan fingerprint density at radius 2 is 1.93 bits per heavy atom. The predicted molar refractivity (Wildman–Crippen MR) is 88.3 cm³/mol. The van der Waals surface area contributed by atoms with Crippen molar-refractivity contribution in [3.05, 3.63) is 46.6 Å². The van der Waals surface area contributed by atoms with Gasteiger partial charge in [0.05, 0.1) is 15.8 Å². The highest BCUT2D eigenvalue weighted by Gasteiger charge is 2.29. The molecule has 0 atom stereocenters. The van der Waals surface area contributed by atoms with Crippen LogP contribution in [-0.2, 0) is 0 Å². The fraction of sp³-hybridized carbons (Fsp3) is 0.133. The molecule has 1 N–H and O–H groups in total. The molecule has 27 heavy (non-hydrogen) atoms. The molecule has 2 heterocycles. The molecule has 12 heteroatoms. The minimum absolute atomic E-state index is 0.0634. The number of hydrogen-bond acceptors (Lipinski definition) is 5. The van der Waals surface area contributed by atoms with E-state index in [4.69, 9.17) is 11.6 Å². The Morgan fingerprint density at radius 3 is 2.59 bits per heavy atom. The topological polar surface area (TPSA) is 64.1 Å². The number of fused-ring (bicyclic) bond motifs is 1. The Balaban J connectivity index is 1.75. The van der Waals surface area contributed by atoms with E-state index in [-0.39, 0.29) is 21.2 Å². The number of carbonyl (C=O) groups is 1. The average molecular weight is 424 g/mol. The number of nitrogens with zero attached hydrogens (tertiary/aromatic N) is 2. The van der Waals surface area contributed by atoms with Crippen LogP contribution < -0.4 is 10.1 Å². The van der Waals surface area contributed by atoms with Gasteiger partial charge in [0.2, 0.25) is 5.88 Å². The zero-order valence-corrected chi connectivity index (χ0v) is 14.5. The maximum atomic E-state index is 13.2. The average Bonchev–Trinajstić information content (AvgIpc) is 2.94. The standard InChI is InChI=1S/C15H7ClF5N3O2S/c16-7-1-6(4-22-13(7)26-5-15(19,20)21)12(25)24-14-23-10-2-8(17)9(18)3-11(10)27-14/h1-4H,5H2,(H,23,24,25). The number of rotatable bonds is 4. The minimum atomic E-state index is -4.56. The molecule has 3 aromatic rings. The molecule has 0 spiro atoms. The van der Waals surface area contributed by atoms with Gasteiger partial charge in [-0.15, -0.1) is 0 Å². The number of amides is 1. The quantitative estimate of drug-likeness (QED) is 0.611. The van der Waals surface area contributed by atoms with E-state index in [1.165, 1.54) is 0 Å². The monoisotopic (exact) mass is 423 g/mol. The zero-order chi connectivity index (χ0) is 19.8. The van der Waals surface area contributed by atoms with Gasteiger partial charge in [-0.3, -0.25) is 10.1 Å². The van der Waals surface area contributed by atoms with Crippen molar-refractivity contribution in [2.45, 2.75) is 6.18 Å². The van der Waals surface area contributed by atoms with Gasteiger partial charge in [-0.2, -0.15) is 13.2 Å². The van der Waals surface area contributed by atoms with E-state index < -0.39 is 36.2 Å². The van der Waals surface area contributed by atoms with Gasteiger partial charge in [-0.25, -0.2) is 18.7 Å². The summed E-state index contributed by atoms with van der Waals surface area (Å²) in [6.07, 6.45) is -3.59. The second-order valence-corrected chi connectivity index (χ2v) is 6.56. The molecule has 0 aliphatic rings. The van der Waals surface area contributed by atoms with Crippen molar-refractivity contribution in [3.8, 4) is 5.88 Å². The summed E-state index contributed by atoms with van der Waals surface area (Å²) in [5.74, 6) is -3.31. The number of hydrogen-bond donors (Lipinski definition) is 1. The largest absolute Gasteiger partial charge is 0.467 e. The lowest BCUT2D eigenvalue weighted by molar-refractivity contribution is -0.154. The molecular formula is C15H7ClF5N3O2S. The Hall–Kier alpha value is -2.53. The third-order valence-corrected chi connectivity index (χ3v) is 4.30. The molecule has 0 aliphatic carbocycles. The smallest absolute Gasteiger partial charge is 0.422 e. The van der Waals surface area contributed by atoms with Crippen LogP contribution in [-0.4, -0.2) is 28.7 Å². The molecular weight excluding hydrogens is 417 g/mol. The van der Waals surface area contributed by atoms with Crippen LogP contribution in [0, 0.1) is 11.6 Å². The number of nitrogens with one attached hydrogen (secondary N) is 1. The number of anilines is 1. The van der Waals surface area contributed by atoms with Crippen molar-refractivity contribution < 1.29 is 31.5 Å². The molecule has 0 fully saturated rings. The number of pyridine rings is 1. The molecule has 2 aromatic heterocycles. The summed E-state index contributed by atoms with van der Waals surface area (Å²) in [5.41, 5.74) is 0.0808. The van der Waals surface area contributed by atoms with E-state index in [2.05, 4.69) is 20.0 Å². The van der Waals surface area contributed by atoms with Crippen LogP contribution in [0.5, 0.6) is 5.88 Å². The Labute approximate surface area is 156 Å². The molecule has 0 saturated heterocycles. The number of benzene rings is 1. The first-order valence-corrected chi connectivity index (χ1v) is 8.24. The van der Waals surface area contributed by atoms with Crippen LogP contribution in [0.2, 0.25) is 5.02 Å². The highest BCUT2D eigenvalue weighted by molar-refractivity contribution is 7.22. The lowest BCUT2D eigenvalue weighted by Gasteiger charge is -2.10. The molecule has 0 saturated carbocycles. The van der Waals surface area contributed by atoms with Gasteiger partial charge in [0.15, 0.2) is 23.4 Å². The molecule has 0 radical (unpaired) electrons. The van der Waals surface area contributed by atoms with Gasteiger partial charge in [0, 0.05) is 12.3 Å². The van der Waals surface area contributed by atoms with E-state index in [1.807, 2.05) is 0 Å². The lowest BCUT2D eigenvalue weighted by atomic mass is 10.2. The fourth-order valence-electron chi connectivity index (χ4n) is 1.95. The highest BCUT2D eigenvalue weighted by atomic mass is 35.5. The van der Waals surface area contributed by atoms with Crippen LogP contribution in [0.3, 0.4) is 0 Å². The highest BCUT2D eigenvalue weighted by Crippen LogP contribution is 2.29. The van der Waals surface area contributed by atoms with Gasteiger partial charge in [0.25, 0.3) is 5.91 Å². The Kier molecular flexibility index (Phi) is 5.16. The number of thiazole rings is 1. The molecule has 1 amide bonds. The first kappa shape index (κ1) is 19.2. The van der Waals surface area contributed by atoms with Gasteiger partial charge < -0.3 is 4.74 Å². The van der Waals surface area contributed by atoms with Crippen LogP contribution in [0.1, 0.15) is 10.4 Å². The number of alkyl halides is 3. The number of carbonyl (C=O) groups excluding carboxylic acids is 1. The molecule has 5 nitrogen and oxygen atoms in total. The summed E-state index contributed by atoms with van der Waals surface area (Å²) >= 11 is 6.68. The second-order valence-electron chi connectivity index (χ2n) is 5.12.